The molecule has 2 rings (SSSR count). The maximum atomic E-state index is 5.86. The summed E-state index contributed by atoms with van der Waals surface area (Å²) in [5.74, 6) is 1.87. The molecule has 1 aliphatic carbocycles. The van der Waals surface area contributed by atoms with Crippen LogP contribution in [0.1, 0.15) is 31.2 Å². The summed E-state index contributed by atoms with van der Waals surface area (Å²) in [7, 11) is 1.80. The lowest BCUT2D eigenvalue weighted by Crippen LogP contribution is -2.37. The zero-order chi connectivity index (χ0) is 13.5. The topological polar surface area (TPSA) is 36.4 Å². The molecule has 3 nitrogen and oxygen atoms in total. The Morgan fingerprint density at radius 1 is 1.25 bits per heavy atom. The fourth-order valence-corrected chi connectivity index (χ4v) is 2.14. The van der Waals surface area contributed by atoms with Gasteiger partial charge in [0, 0.05) is 25.2 Å². The minimum atomic E-state index is 0. The highest BCUT2D eigenvalue weighted by Gasteiger charge is 2.19. The van der Waals surface area contributed by atoms with E-state index in [4.69, 9.17) is 11.6 Å². The van der Waals surface area contributed by atoms with Crippen molar-refractivity contribution in [1.82, 2.24) is 10.6 Å². The second-order valence-electron chi connectivity index (χ2n) is 5.06. The van der Waals surface area contributed by atoms with E-state index in [0.29, 0.717) is 0 Å². The summed E-state index contributed by atoms with van der Waals surface area (Å²) in [5, 5.41) is 7.42. The lowest BCUT2D eigenvalue weighted by Gasteiger charge is -2.11. The molecule has 0 amide bonds. The smallest absolute Gasteiger partial charge is 0.191 e. The van der Waals surface area contributed by atoms with E-state index in [1.54, 1.807) is 7.05 Å². The fourth-order valence-electron chi connectivity index (χ4n) is 2.01. The van der Waals surface area contributed by atoms with Gasteiger partial charge in [0.05, 0.1) is 0 Å². The number of hydrogen-bond donors (Lipinski definition) is 2. The quantitative estimate of drug-likeness (QED) is 0.326. The van der Waals surface area contributed by atoms with E-state index in [1.165, 1.54) is 31.2 Å². The lowest BCUT2D eigenvalue weighted by molar-refractivity contribution is 0.644. The number of aliphatic imine (C=N–C) groups is 1. The van der Waals surface area contributed by atoms with E-state index in [9.17, 15) is 0 Å². The van der Waals surface area contributed by atoms with Crippen molar-refractivity contribution >= 4 is 41.5 Å². The zero-order valence-electron chi connectivity index (χ0n) is 11.9. The molecule has 0 atom stereocenters. The van der Waals surface area contributed by atoms with E-state index >= 15 is 0 Å². The first kappa shape index (κ1) is 17.6. The highest BCUT2D eigenvalue weighted by Crippen LogP contribution is 2.33. The Hall–Kier alpha value is -0.490. The zero-order valence-corrected chi connectivity index (χ0v) is 14.9. The van der Waals surface area contributed by atoms with Crippen LogP contribution in [-0.4, -0.2) is 19.6 Å². The summed E-state index contributed by atoms with van der Waals surface area (Å²) < 4.78 is 0. The Morgan fingerprint density at radius 3 is 2.55 bits per heavy atom. The summed E-state index contributed by atoms with van der Waals surface area (Å²) in [4.78, 5) is 4.22. The molecule has 0 bridgehead atoms. The Bertz CT molecular complexity index is 416. The van der Waals surface area contributed by atoms with Gasteiger partial charge in [0.15, 0.2) is 5.96 Å². The molecule has 1 aliphatic rings. The Labute approximate surface area is 143 Å². The van der Waals surface area contributed by atoms with Crippen LogP contribution in [0.4, 0.5) is 0 Å². The summed E-state index contributed by atoms with van der Waals surface area (Å²) in [5.41, 5.74) is 1.20. The molecule has 0 radical (unpaired) electrons. The van der Waals surface area contributed by atoms with Crippen molar-refractivity contribution in [2.75, 3.05) is 13.6 Å². The average molecular weight is 408 g/mol. The van der Waals surface area contributed by atoms with Crippen LogP contribution < -0.4 is 10.6 Å². The van der Waals surface area contributed by atoms with Crippen molar-refractivity contribution in [1.29, 1.82) is 0 Å². The summed E-state index contributed by atoms with van der Waals surface area (Å²) in [6.07, 6.45) is 5.45. The molecule has 0 aromatic heterocycles. The first-order valence-electron chi connectivity index (χ1n) is 6.97. The van der Waals surface area contributed by atoms with E-state index in [2.05, 4.69) is 15.6 Å². The van der Waals surface area contributed by atoms with Crippen molar-refractivity contribution in [3.63, 3.8) is 0 Å². The molecule has 112 valence electrons. The van der Waals surface area contributed by atoms with Crippen LogP contribution in [0.3, 0.4) is 0 Å². The molecule has 1 aromatic rings. The molecule has 0 heterocycles. The van der Waals surface area contributed by atoms with Gasteiger partial charge in [-0.05, 0) is 36.5 Å². The number of rotatable bonds is 6. The molecule has 0 unspecified atom stereocenters. The van der Waals surface area contributed by atoms with Crippen LogP contribution in [0.5, 0.6) is 0 Å². The molecule has 20 heavy (non-hydrogen) atoms. The maximum absolute atomic E-state index is 5.86. The standard InChI is InChI=1S/C15H22ClN3.HI/c1-17-15(18-10-2-3-12-4-5-12)19-11-13-6-8-14(16)9-7-13;/h6-9,12H,2-5,10-11H2,1H3,(H2,17,18,19);1H. The summed E-state index contributed by atoms with van der Waals surface area (Å²) in [6, 6.07) is 7.86. The monoisotopic (exact) mass is 407 g/mol. The van der Waals surface area contributed by atoms with Gasteiger partial charge in [0.2, 0.25) is 0 Å². The molecule has 0 aliphatic heterocycles. The number of nitrogens with one attached hydrogen (secondary N) is 2. The minimum absolute atomic E-state index is 0. The third-order valence-corrected chi connectivity index (χ3v) is 3.63. The van der Waals surface area contributed by atoms with Gasteiger partial charge in [-0.15, -0.1) is 24.0 Å². The Balaban J connectivity index is 0.00000200. The van der Waals surface area contributed by atoms with Crippen molar-refractivity contribution in [3.8, 4) is 0 Å². The molecule has 1 aromatic carbocycles. The van der Waals surface area contributed by atoms with E-state index in [-0.39, 0.29) is 24.0 Å². The van der Waals surface area contributed by atoms with E-state index < -0.39 is 0 Å². The average Bonchev–Trinajstić information content (AvgIpc) is 3.24. The van der Waals surface area contributed by atoms with Crippen LogP contribution in [-0.2, 0) is 6.54 Å². The predicted octanol–water partition coefficient (Wildman–Crippen LogP) is 3.81. The highest BCUT2D eigenvalue weighted by atomic mass is 127. The number of hydrogen-bond acceptors (Lipinski definition) is 1. The van der Waals surface area contributed by atoms with Gasteiger partial charge in [-0.25, -0.2) is 0 Å². The molecule has 0 spiro atoms. The van der Waals surface area contributed by atoms with Crippen molar-refractivity contribution < 1.29 is 0 Å². The first-order chi connectivity index (χ1) is 9.28. The molecule has 1 fully saturated rings. The molecule has 1 saturated carbocycles. The second-order valence-corrected chi connectivity index (χ2v) is 5.50. The van der Waals surface area contributed by atoms with Crippen molar-refractivity contribution in [2.24, 2.45) is 10.9 Å². The number of benzene rings is 1. The maximum Gasteiger partial charge on any atom is 0.191 e. The fraction of sp³-hybridized carbons (Fsp3) is 0.533. The van der Waals surface area contributed by atoms with Gasteiger partial charge >= 0.3 is 0 Å². The number of nitrogens with zero attached hydrogens (tertiary/aromatic N) is 1. The molecular formula is C15H23ClIN3. The predicted molar refractivity (Wildman–Crippen MR) is 97.0 cm³/mol. The van der Waals surface area contributed by atoms with Crippen LogP contribution in [0, 0.1) is 5.92 Å². The molecular weight excluding hydrogens is 385 g/mol. The largest absolute Gasteiger partial charge is 0.356 e. The Morgan fingerprint density at radius 2 is 1.95 bits per heavy atom. The van der Waals surface area contributed by atoms with Crippen molar-refractivity contribution in [3.05, 3.63) is 34.9 Å². The lowest BCUT2D eigenvalue weighted by atomic mass is 10.2. The van der Waals surface area contributed by atoms with E-state index in [1.807, 2.05) is 24.3 Å². The third-order valence-electron chi connectivity index (χ3n) is 3.38. The summed E-state index contributed by atoms with van der Waals surface area (Å²) >= 11 is 5.86. The van der Waals surface area contributed by atoms with Gasteiger partial charge in [-0.3, -0.25) is 4.99 Å². The van der Waals surface area contributed by atoms with Crippen LogP contribution in [0.15, 0.2) is 29.3 Å². The van der Waals surface area contributed by atoms with Gasteiger partial charge in [-0.1, -0.05) is 36.6 Å². The van der Waals surface area contributed by atoms with Gasteiger partial charge in [-0.2, -0.15) is 0 Å². The number of halogens is 2. The Kier molecular flexibility index (Phi) is 8.30. The second kappa shape index (κ2) is 9.45. The van der Waals surface area contributed by atoms with Gasteiger partial charge in [0.25, 0.3) is 0 Å². The molecule has 0 saturated heterocycles. The van der Waals surface area contributed by atoms with Gasteiger partial charge < -0.3 is 10.6 Å². The first-order valence-corrected chi connectivity index (χ1v) is 7.34. The molecule has 5 heteroatoms. The molecule has 2 N–H and O–H groups in total. The SMILES string of the molecule is CN=C(NCCCC1CC1)NCc1ccc(Cl)cc1.I. The van der Waals surface area contributed by atoms with Crippen LogP contribution in [0.2, 0.25) is 5.02 Å². The van der Waals surface area contributed by atoms with Crippen LogP contribution >= 0.6 is 35.6 Å². The van der Waals surface area contributed by atoms with Crippen LogP contribution in [0.25, 0.3) is 0 Å². The van der Waals surface area contributed by atoms with Gasteiger partial charge in [0.1, 0.15) is 0 Å². The normalized spacial score (nSPS) is 14.6. The minimum Gasteiger partial charge on any atom is -0.356 e. The third kappa shape index (κ3) is 6.79. The summed E-state index contributed by atoms with van der Waals surface area (Å²) in [6.45, 7) is 1.76. The van der Waals surface area contributed by atoms with E-state index in [0.717, 1.165) is 30.0 Å². The number of guanidine groups is 1. The van der Waals surface area contributed by atoms with Crippen molar-refractivity contribution in [2.45, 2.75) is 32.2 Å². The highest BCUT2D eigenvalue weighted by molar-refractivity contribution is 14.0.